The van der Waals surface area contributed by atoms with Crippen LogP contribution in [0.3, 0.4) is 0 Å². The molecule has 0 bridgehead atoms. The van der Waals surface area contributed by atoms with Gasteiger partial charge >= 0.3 is 0 Å². The Morgan fingerprint density at radius 3 is 2.78 bits per heavy atom. The monoisotopic (exact) mass is 127 g/mol. The lowest BCUT2D eigenvalue weighted by molar-refractivity contribution is 0.139. The lowest BCUT2D eigenvalue weighted by atomic mass is 10.3. The van der Waals surface area contributed by atoms with Crippen molar-refractivity contribution in [3.05, 3.63) is 0 Å². The molecule has 0 saturated carbocycles. The van der Waals surface area contributed by atoms with E-state index in [9.17, 15) is 5.11 Å². The van der Waals surface area contributed by atoms with Gasteiger partial charge in [-0.05, 0) is 12.8 Å². The minimum absolute atomic E-state index is 0.0145. The van der Waals surface area contributed by atoms with E-state index < -0.39 is 0 Å². The standard InChI is InChI=1S/C7H11O2/c1-2-6-9-7-4-3-5-8/h1H,3-7H2. The van der Waals surface area contributed by atoms with Crippen molar-refractivity contribution in [1.82, 2.24) is 0 Å². The van der Waals surface area contributed by atoms with Crippen LogP contribution in [-0.2, 0) is 9.84 Å². The molecule has 0 rings (SSSR count). The minimum Gasteiger partial charge on any atom is -0.369 e. The third kappa shape index (κ3) is 7.48. The van der Waals surface area contributed by atoms with Gasteiger partial charge in [-0.3, -0.25) is 0 Å². The smallest absolute Gasteiger partial charge is 0.107 e. The molecule has 1 radical (unpaired) electrons. The average molecular weight is 127 g/mol. The largest absolute Gasteiger partial charge is 0.369 e. The molecule has 0 aromatic carbocycles. The molecule has 2 nitrogen and oxygen atoms in total. The van der Waals surface area contributed by atoms with E-state index in [1.54, 1.807) is 0 Å². The molecule has 0 atom stereocenters. The lowest BCUT2D eigenvalue weighted by Crippen LogP contribution is -1.95. The van der Waals surface area contributed by atoms with E-state index in [2.05, 4.69) is 5.92 Å². The second kappa shape index (κ2) is 7.48. The van der Waals surface area contributed by atoms with Crippen molar-refractivity contribution in [1.29, 1.82) is 0 Å². The van der Waals surface area contributed by atoms with E-state index in [1.165, 1.54) is 0 Å². The highest BCUT2D eigenvalue weighted by molar-refractivity contribution is 4.82. The zero-order valence-electron chi connectivity index (χ0n) is 5.43. The van der Waals surface area contributed by atoms with Crippen LogP contribution in [0, 0.1) is 12.3 Å². The van der Waals surface area contributed by atoms with Gasteiger partial charge in [0.25, 0.3) is 0 Å². The quantitative estimate of drug-likeness (QED) is 0.397. The van der Waals surface area contributed by atoms with Crippen LogP contribution in [0.5, 0.6) is 0 Å². The lowest BCUT2D eigenvalue weighted by Gasteiger charge is -1.95. The normalized spacial score (nSPS) is 8.89. The molecule has 0 aliphatic carbocycles. The summed E-state index contributed by atoms with van der Waals surface area (Å²) < 4.78 is 4.91. The fraction of sp³-hybridized carbons (Fsp3) is 0.714. The van der Waals surface area contributed by atoms with Crippen molar-refractivity contribution in [3.8, 4) is 12.3 Å². The van der Waals surface area contributed by atoms with Crippen LogP contribution in [0.15, 0.2) is 0 Å². The summed E-state index contributed by atoms with van der Waals surface area (Å²) in [6.07, 6.45) is 6.42. The second-order valence-corrected chi connectivity index (χ2v) is 1.67. The average Bonchev–Trinajstić information content (AvgIpc) is 1.89. The Morgan fingerprint density at radius 2 is 2.22 bits per heavy atom. The number of terminal acetylenes is 1. The summed E-state index contributed by atoms with van der Waals surface area (Å²) >= 11 is 0. The molecule has 0 saturated heterocycles. The van der Waals surface area contributed by atoms with Gasteiger partial charge in [0.15, 0.2) is 0 Å². The maximum absolute atomic E-state index is 9.87. The summed E-state index contributed by atoms with van der Waals surface area (Å²) in [7, 11) is 0. The molecule has 0 amide bonds. The van der Waals surface area contributed by atoms with Gasteiger partial charge in [-0.25, -0.2) is 5.11 Å². The van der Waals surface area contributed by atoms with E-state index >= 15 is 0 Å². The zero-order valence-corrected chi connectivity index (χ0v) is 5.43. The topological polar surface area (TPSA) is 29.1 Å². The molecule has 0 N–H and O–H groups in total. The van der Waals surface area contributed by atoms with Gasteiger partial charge in [-0.1, -0.05) is 5.92 Å². The Hall–Kier alpha value is -0.520. The number of rotatable bonds is 5. The van der Waals surface area contributed by atoms with E-state index in [0.29, 0.717) is 19.6 Å². The van der Waals surface area contributed by atoms with Gasteiger partial charge in [0.05, 0.1) is 6.61 Å². The highest BCUT2D eigenvalue weighted by atomic mass is 16.5. The fourth-order valence-electron chi connectivity index (χ4n) is 0.437. The van der Waals surface area contributed by atoms with Gasteiger partial charge < -0.3 is 4.74 Å². The summed E-state index contributed by atoms with van der Waals surface area (Å²) in [6, 6.07) is 0. The molecular weight excluding hydrogens is 116 g/mol. The summed E-state index contributed by atoms with van der Waals surface area (Å²) in [5, 5.41) is 9.87. The molecule has 0 aliphatic heterocycles. The summed E-state index contributed by atoms with van der Waals surface area (Å²) in [4.78, 5) is 0. The first-order valence-electron chi connectivity index (χ1n) is 3.01. The van der Waals surface area contributed by atoms with Gasteiger partial charge in [-0.2, -0.15) is 0 Å². The molecular formula is C7H11O2. The van der Waals surface area contributed by atoms with Crippen molar-refractivity contribution < 1.29 is 9.84 Å². The van der Waals surface area contributed by atoms with Gasteiger partial charge in [-0.15, -0.1) is 6.42 Å². The molecule has 51 valence electrons. The van der Waals surface area contributed by atoms with Crippen LogP contribution in [0.1, 0.15) is 12.8 Å². The van der Waals surface area contributed by atoms with Crippen molar-refractivity contribution in [3.63, 3.8) is 0 Å². The van der Waals surface area contributed by atoms with Gasteiger partial charge in [0.2, 0.25) is 0 Å². The number of hydrogen-bond acceptors (Lipinski definition) is 1. The molecule has 0 aromatic rings. The molecule has 0 spiro atoms. The third-order valence-corrected chi connectivity index (χ3v) is 0.868. The van der Waals surface area contributed by atoms with Crippen LogP contribution in [0.2, 0.25) is 0 Å². The van der Waals surface area contributed by atoms with Gasteiger partial charge in [0.1, 0.15) is 6.61 Å². The first-order valence-corrected chi connectivity index (χ1v) is 3.01. The summed E-state index contributed by atoms with van der Waals surface area (Å²) in [6.45, 7) is 0.963. The van der Waals surface area contributed by atoms with Crippen molar-refractivity contribution in [2.45, 2.75) is 12.8 Å². The Kier molecular flexibility index (Phi) is 7.05. The predicted octanol–water partition coefficient (Wildman–Crippen LogP) is 0.847. The minimum atomic E-state index is -0.0145. The second-order valence-electron chi connectivity index (χ2n) is 1.67. The van der Waals surface area contributed by atoms with Crippen LogP contribution in [0.25, 0.3) is 0 Å². The van der Waals surface area contributed by atoms with Crippen molar-refractivity contribution in [2.24, 2.45) is 0 Å². The third-order valence-electron chi connectivity index (χ3n) is 0.868. The molecule has 0 heterocycles. The fourth-order valence-corrected chi connectivity index (χ4v) is 0.437. The number of hydrogen-bond donors (Lipinski definition) is 0. The molecule has 0 fully saturated rings. The van der Waals surface area contributed by atoms with Gasteiger partial charge in [0, 0.05) is 6.61 Å². The maximum Gasteiger partial charge on any atom is 0.107 e. The van der Waals surface area contributed by atoms with Crippen molar-refractivity contribution in [2.75, 3.05) is 19.8 Å². The Labute approximate surface area is 55.8 Å². The van der Waals surface area contributed by atoms with Crippen molar-refractivity contribution >= 4 is 0 Å². The van der Waals surface area contributed by atoms with Crippen LogP contribution in [0.4, 0.5) is 0 Å². The summed E-state index contributed by atoms with van der Waals surface area (Å²) in [5.74, 6) is 2.34. The molecule has 2 heteroatoms. The molecule has 0 aromatic heterocycles. The first-order chi connectivity index (χ1) is 4.41. The number of unbranched alkanes of at least 4 members (excludes halogenated alkanes) is 1. The Morgan fingerprint density at radius 1 is 1.44 bits per heavy atom. The highest BCUT2D eigenvalue weighted by Gasteiger charge is 1.85. The van der Waals surface area contributed by atoms with Crippen LogP contribution < -0.4 is 0 Å². The number of ether oxygens (including phenoxy) is 1. The first kappa shape index (κ1) is 8.48. The molecule has 9 heavy (non-hydrogen) atoms. The zero-order chi connectivity index (χ0) is 6.95. The SMILES string of the molecule is C#CCOCCCC[O]. The van der Waals surface area contributed by atoms with E-state index in [0.717, 1.165) is 6.42 Å². The van der Waals surface area contributed by atoms with E-state index in [4.69, 9.17) is 11.2 Å². The van der Waals surface area contributed by atoms with E-state index in [1.807, 2.05) is 0 Å². The summed E-state index contributed by atoms with van der Waals surface area (Å²) in [5.41, 5.74) is 0. The van der Waals surface area contributed by atoms with Crippen LogP contribution in [-0.4, -0.2) is 19.8 Å². The Bertz CT molecular complexity index is 83.4. The van der Waals surface area contributed by atoms with Crippen LogP contribution >= 0.6 is 0 Å². The molecule has 0 unspecified atom stereocenters. The maximum atomic E-state index is 9.87. The van der Waals surface area contributed by atoms with E-state index in [-0.39, 0.29) is 6.61 Å². The highest BCUT2D eigenvalue weighted by Crippen LogP contribution is 1.87. The predicted molar refractivity (Wildman–Crippen MR) is 34.4 cm³/mol. The molecule has 0 aliphatic rings. The Balaban J connectivity index is 2.69.